The molecule has 0 spiro atoms. The van der Waals surface area contributed by atoms with Gasteiger partial charge in [0.05, 0.1) is 16.5 Å². The molecular formula is C19H24FN5O4S. The lowest BCUT2D eigenvalue weighted by atomic mass is 9.99. The van der Waals surface area contributed by atoms with Gasteiger partial charge in [0.15, 0.2) is 5.69 Å². The summed E-state index contributed by atoms with van der Waals surface area (Å²) in [7, 11) is -2.37. The van der Waals surface area contributed by atoms with Crippen LogP contribution in [0.2, 0.25) is 0 Å². The summed E-state index contributed by atoms with van der Waals surface area (Å²) in [5, 5.41) is 9.35. The molecular weight excluding hydrogens is 413 g/mol. The van der Waals surface area contributed by atoms with Gasteiger partial charge in [-0.15, -0.1) is 0 Å². The van der Waals surface area contributed by atoms with Gasteiger partial charge >= 0.3 is 0 Å². The lowest BCUT2D eigenvalue weighted by molar-refractivity contribution is -0.120. The monoisotopic (exact) mass is 437 g/mol. The van der Waals surface area contributed by atoms with Crippen molar-refractivity contribution in [2.75, 3.05) is 25.5 Å². The first-order valence-electron chi connectivity index (χ1n) is 9.62. The molecule has 2 N–H and O–H groups in total. The Morgan fingerprint density at radius 3 is 2.60 bits per heavy atom. The van der Waals surface area contributed by atoms with E-state index in [1.165, 1.54) is 28.2 Å². The molecule has 11 heteroatoms. The normalized spacial score (nSPS) is 17.5. The van der Waals surface area contributed by atoms with Crippen molar-refractivity contribution >= 4 is 27.5 Å². The topological polar surface area (TPSA) is 113 Å². The minimum absolute atomic E-state index is 0.00274. The van der Waals surface area contributed by atoms with Crippen LogP contribution in [0.5, 0.6) is 0 Å². The molecule has 0 aliphatic carbocycles. The number of carbonyl (C=O) groups excluding carboxylic acids is 2. The van der Waals surface area contributed by atoms with Crippen LogP contribution in [-0.2, 0) is 21.4 Å². The van der Waals surface area contributed by atoms with Crippen molar-refractivity contribution in [3.63, 3.8) is 0 Å². The highest BCUT2D eigenvalue weighted by Gasteiger charge is 2.34. The van der Waals surface area contributed by atoms with E-state index >= 15 is 0 Å². The van der Waals surface area contributed by atoms with Gasteiger partial charge in [-0.05, 0) is 44.0 Å². The van der Waals surface area contributed by atoms with E-state index in [-0.39, 0.29) is 35.3 Å². The van der Waals surface area contributed by atoms with Crippen molar-refractivity contribution in [2.45, 2.75) is 31.2 Å². The third-order valence-corrected chi connectivity index (χ3v) is 6.87. The fraction of sp³-hybridized carbons (Fsp3) is 0.421. The summed E-state index contributed by atoms with van der Waals surface area (Å²) in [6, 6.07) is 4.60. The number of benzene rings is 1. The predicted octanol–water partition coefficient (Wildman–Crippen LogP) is 1.44. The van der Waals surface area contributed by atoms with Gasteiger partial charge < -0.3 is 10.6 Å². The highest BCUT2D eigenvalue weighted by Crippen LogP contribution is 2.25. The second-order valence-corrected chi connectivity index (χ2v) is 8.91. The fourth-order valence-corrected chi connectivity index (χ4v) is 4.85. The Morgan fingerprint density at radius 2 is 1.97 bits per heavy atom. The Kier molecular flexibility index (Phi) is 6.52. The van der Waals surface area contributed by atoms with Crippen LogP contribution in [-0.4, -0.2) is 54.5 Å². The number of anilines is 1. The summed E-state index contributed by atoms with van der Waals surface area (Å²) in [6.07, 6.45) is 2.59. The maximum Gasteiger partial charge on any atom is 0.273 e. The Morgan fingerprint density at radius 1 is 1.27 bits per heavy atom. The van der Waals surface area contributed by atoms with E-state index in [9.17, 15) is 22.4 Å². The van der Waals surface area contributed by atoms with Gasteiger partial charge in [0.25, 0.3) is 5.91 Å². The third-order valence-electron chi connectivity index (χ3n) is 4.99. The third kappa shape index (κ3) is 4.51. The van der Waals surface area contributed by atoms with Crippen LogP contribution in [0.4, 0.5) is 10.1 Å². The smallest absolute Gasteiger partial charge is 0.273 e. The van der Waals surface area contributed by atoms with E-state index in [1.807, 2.05) is 6.92 Å². The van der Waals surface area contributed by atoms with Gasteiger partial charge in [-0.2, -0.15) is 9.40 Å². The van der Waals surface area contributed by atoms with Crippen LogP contribution in [0.15, 0.2) is 35.4 Å². The van der Waals surface area contributed by atoms with Crippen molar-refractivity contribution in [3.05, 3.63) is 42.0 Å². The number of sulfonamides is 1. The van der Waals surface area contributed by atoms with Crippen molar-refractivity contribution in [2.24, 2.45) is 5.92 Å². The highest BCUT2D eigenvalue weighted by atomic mass is 32.2. The van der Waals surface area contributed by atoms with Gasteiger partial charge in [-0.25, -0.2) is 12.8 Å². The zero-order valence-corrected chi connectivity index (χ0v) is 17.6. The molecule has 3 rings (SSSR count). The number of carbonyl (C=O) groups is 2. The second kappa shape index (κ2) is 8.92. The Hall–Kier alpha value is -2.79. The van der Waals surface area contributed by atoms with Crippen LogP contribution >= 0.6 is 0 Å². The molecule has 1 saturated heterocycles. The van der Waals surface area contributed by atoms with Crippen molar-refractivity contribution in [3.8, 4) is 0 Å². The lowest BCUT2D eigenvalue weighted by Crippen LogP contribution is -2.43. The van der Waals surface area contributed by atoms with Crippen LogP contribution in [0.3, 0.4) is 0 Å². The first-order valence-corrected chi connectivity index (χ1v) is 11.1. The number of aromatic nitrogens is 2. The number of rotatable bonds is 6. The number of halogens is 1. The van der Waals surface area contributed by atoms with Gasteiger partial charge in [-0.1, -0.05) is 0 Å². The zero-order valence-electron chi connectivity index (χ0n) is 16.8. The molecule has 0 unspecified atom stereocenters. The standard InChI is InChI=1S/C19H24FN5O4S/c1-3-24-12-16(17(23-24)19(27)21-2)22-18(26)13-5-4-10-25(11-13)30(28,29)15-8-6-14(20)7-9-15/h6-9,12-13H,3-5,10-11H2,1-2H3,(H,21,27)(H,22,26)/t13-/m0/s1. The fourth-order valence-electron chi connectivity index (χ4n) is 3.33. The molecule has 1 aliphatic rings. The van der Waals surface area contributed by atoms with Crippen molar-refractivity contribution in [1.82, 2.24) is 19.4 Å². The molecule has 2 aromatic rings. The molecule has 1 aromatic carbocycles. The summed E-state index contributed by atoms with van der Waals surface area (Å²) >= 11 is 0. The number of aryl methyl sites for hydroxylation is 1. The quantitative estimate of drug-likeness (QED) is 0.710. The lowest BCUT2D eigenvalue weighted by Gasteiger charge is -2.31. The average molecular weight is 437 g/mol. The van der Waals surface area contributed by atoms with Gasteiger partial charge in [0.2, 0.25) is 15.9 Å². The van der Waals surface area contributed by atoms with E-state index in [2.05, 4.69) is 15.7 Å². The number of hydrogen-bond acceptors (Lipinski definition) is 5. The molecule has 1 atom stereocenters. The van der Waals surface area contributed by atoms with E-state index < -0.39 is 27.7 Å². The first kappa shape index (κ1) is 21.9. The maximum absolute atomic E-state index is 13.1. The molecule has 30 heavy (non-hydrogen) atoms. The van der Waals surface area contributed by atoms with E-state index in [1.54, 1.807) is 6.20 Å². The number of amides is 2. The minimum atomic E-state index is -3.84. The SMILES string of the molecule is CCn1cc(NC(=O)[C@H]2CCCN(S(=O)(=O)c3ccc(F)cc3)C2)c(C(=O)NC)n1. The Bertz CT molecular complexity index is 1040. The Labute approximate surface area is 174 Å². The van der Waals surface area contributed by atoms with Gasteiger partial charge in [0.1, 0.15) is 5.82 Å². The number of hydrogen-bond donors (Lipinski definition) is 2. The largest absolute Gasteiger partial charge is 0.354 e. The molecule has 1 aliphatic heterocycles. The number of nitrogens with one attached hydrogen (secondary N) is 2. The molecule has 0 saturated carbocycles. The first-order chi connectivity index (χ1) is 14.3. The zero-order chi connectivity index (χ0) is 21.9. The molecule has 2 heterocycles. The van der Waals surface area contributed by atoms with Crippen LogP contribution < -0.4 is 10.6 Å². The average Bonchev–Trinajstić information content (AvgIpc) is 3.16. The molecule has 2 amide bonds. The predicted molar refractivity (Wildman–Crippen MR) is 108 cm³/mol. The van der Waals surface area contributed by atoms with Crippen LogP contribution in [0, 0.1) is 11.7 Å². The van der Waals surface area contributed by atoms with Crippen LogP contribution in [0.1, 0.15) is 30.3 Å². The number of nitrogens with zero attached hydrogens (tertiary/aromatic N) is 3. The summed E-state index contributed by atoms with van der Waals surface area (Å²) in [6.45, 7) is 2.65. The van der Waals surface area contributed by atoms with E-state index in [0.717, 1.165) is 12.1 Å². The van der Waals surface area contributed by atoms with Gasteiger partial charge in [0, 0.05) is 32.9 Å². The molecule has 1 aromatic heterocycles. The van der Waals surface area contributed by atoms with Crippen molar-refractivity contribution < 1.29 is 22.4 Å². The summed E-state index contributed by atoms with van der Waals surface area (Å²) < 4.78 is 41.6. The Balaban J connectivity index is 1.76. The molecule has 0 radical (unpaired) electrons. The summed E-state index contributed by atoms with van der Waals surface area (Å²) in [5.41, 5.74) is 0.374. The molecule has 0 bridgehead atoms. The summed E-state index contributed by atoms with van der Waals surface area (Å²) in [5.74, 6) is -1.92. The second-order valence-electron chi connectivity index (χ2n) is 6.97. The van der Waals surface area contributed by atoms with E-state index in [4.69, 9.17) is 0 Å². The molecule has 9 nitrogen and oxygen atoms in total. The van der Waals surface area contributed by atoms with Crippen LogP contribution in [0.25, 0.3) is 0 Å². The van der Waals surface area contributed by atoms with Crippen molar-refractivity contribution in [1.29, 1.82) is 0 Å². The number of piperidine rings is 1. The van der Waals surface area contributed by atoms with E-state index in [0.29, 0.717) is 19.4 Å². The molecule has 162 valence electrons. The molecule has 1 fully saturated rings. The van der Waals surface area contributed by atoms with Gasteiger partial charge in [-0.3, -0.25) is 14.3 Å². The minimum Gasteiger partial charge on any atom is -0.354 e. The highest BCUT2D eigenvalue weighted by molar-refractivity contribution is 7.89. The summed E-state index contributed by atoms with van der Waals surface area (Å²) in [4.78, 5) is 24.8. The maximum atomic E-state index is 13.1.